The fourth-order valence-electron chi connectivity index (χ4n) is 2.23. The summed E-state index contributed by atoms with van der Waals surface area (Å²) in [5, 5.41) is 3.22. The molecule has 2 rings (SSSR count). The van der Waals surface area contributed by atoms with Crippen LogP contribution >= 0.6 is 15.9 Å². The lowest BCUT2D eigenvalue weighted by atomic mass is 10.1. The number of hydrogen-bond donors (Lipinski definition) is 1. The molecule has 20 heavy (non-hydrogen) atoms. The Morgan fingerprint density at radius 1 is 1.45 bits per heavy atom. The van der Waals surface area contributed by atoms with E-state index in [1.165, 1.54) is 6.07 Å². The first-order valence-corrected chi connectivity index (χ1v) is 9.00. The van der Waals surface area contributed by atoms with E-state index in [9.17, 15) is 13.2 Å². The Bertz CT molecular complexity index is 631. The van der Waals surface area contributed by atoms with Crippen LogP contribution in [-0.4, -0.2) is 51.2 Å². The number of nitrogens with zero attached hydrogens (tertiary/aromatic N) is 1. The minimum Gasteiger partial charge on any atom is -0.333 e. The molecule has 5 nitrogen and oxygen atoms in total. The van der Waals surface area contributed by atoms with E-state index in [0.29, 0.717) is 16.6 Å². The number of piperazine rings is 1. The molecular weight excluding hydrogens is 344 g/mol. The highest BCUT2D eigenvalue weighted by Crippen LogP contribution is 2.24. The number of halogens is 1. The summed E-state index contributed by atoms with van der Waals surface area (Å²) in [5.41, 5.74) is 0.405. The van der Waals surface area contributed by atoms with Gasteiger partial charge in [-0.3, -0.25) is 4.79 Å². The zero-order valence-corrected chi connectivity index (χ0v) is 13.8. The predicted octanol–water partition coefficient (Wildman–Crippen LogP) is 1.29. The third-order valence-electron chi connectivity index (χ3n) is 3.34. The molecule has 0 saturated carbocycles. The summed E-state index contributed by atoms with van der Waals surface area (Å²) in [6.07, 6.45) is 1.13. The SMILES string of the molecule is C[C@H]1CNCCN1C(=O)c1ccc(Br)c(S(C)(=O)=O)c1. The van der Waals surface area contributed by atoms with E-state index in [4.69, 9.17) is 0 Å². The maximum atomic E-state index is 12.5. The monoisotopic (exact) mass is 360 g/mol. The number of hydrogen-bond acceptors (Lipinski definition) is 4. The minimum atomic E-state index is -3.36. The van der Waals surface area contributed by atoms with Crippen molar-refractivity contribution in [1.82, 2.24) is 10.2 Å². The normalized spacial score (nSPS) is 19.9. The molecular formula is C13H17BrN2O3S. The van der Waals surface area contributed by atoms with Crippen molar-refractivity contribution in [1.29, 1.82) is 0 Å². The molecule has 0 aromatic heterocycles. The highest BCUT2D eigenvalue weighted by atomic mass is 79.9. The standard InChI is InChI=1S/C13H17BrN2O3S/c1-9-8-15-5-6-16(9)13(17)10-3-4-11(14)12(7-10)20(2,18)19/h3-4,7,9,15H,5-6,8H2,1-2H3/t9-/m0/s1. The van der Waals surface area contributed by atoms with Gasteiger partial charge in [-0.1, -0.05) is 0 Å². The molecule has 7 heteroatoms. The van der Waals surface area contributed by atoms with Crippen LogP contribution in [0.3, 0.4) is 0 Å². The van der Waals surface area contributed by atoms with Crippen LogP contribution in [0.4, 0.5) is 0 Å². The van der Waals surface area contributed by atoms with Gasteiger partial charge in [0.2, 0.25) is 0 Å². The van der Waals surface area contributed by atoms with Gasteiger partial charge in [-0.25, -0.2) is 8.42 Å². The van der Waals surface area contributed by atoms with E-state index in [0.717, 1.165) is 19.3 Å². The fraction of sp³-hybridized carbons (Fsp3) is 0.462. The van der Waals surface area contributed by atoms with Crippen LogP contribution in [0.1, 0.15) is 17.3 Å². The third kappa shape index (κ3) is 3.21. The average molecular weight is 361 g/mol. The molecule has 1 atom stereocenters. The summed E-state index contributed by atoms with van der Waals surface area (Å²) in [7, 11) is -3.36. The molecule has 1 saturated heterocycles. The average Bonchev–Trinajstić information content (AvgIpc) is 2.37. The van der Waals surface area contributed by atoms with Gasteiger partial charge in [0.15, 0.2) is 9.84 Å². The molecule has 1 fully saturated rings. The van der Waals surface area contributed by atoms with Gasteiger partial charge >= 0.3 is 0 Å². The van der Waals surface area contributed by atoms with Gasteiger partial charge < -0.3 is 10.2 Å². The van der Waals surface area contributed by atoms with E-state index >= 15 is 0 Å². The smallest absolute Gasteiger partial charge is 0.254 e. The van der Waals surface area contributed by atoms with Crippen LogP contribution in [0.2, 0.25) is 0 Å². The molecule has 0 unspecified atom stereocenters. The number of benzene rings is 1. The highest BCUT2D eigenvalue weighted by molar-refractivity contribution is 9.10. The molecule has 1 aliphatic heterocycles. The lowest BCUT2D eigenvalue weighted by Gasteiger charge is -2.34. The van der Waals surface area contributed by atoms with E-state index in [-0.39, 0.29) is 16.8 Å². The zero-order chi connectivity index (χ0) is 14.9. The molecule has 110 valence electrons. The maximum Gasteiger partial charge on any atom is 0.254 e. The Labute approximate surface area is 127 Å². The molecule has 0 bridgehead atoms. The molecule has 1 aromatic rings. The number of nitrogens with one attached hydrogen (secondary N) is 1. The number of amides is 1. The minimum absolute atomic E-state index is 0.0987. The fourth-order valence-corrected chi connectivity index (χ4v) is 4.12. The van der Waals surface area contributed by atoms with Crippen LogP contribution in [0.5, 0.6) is 0 Å². The third-order valence-corrected chi connectivity index (χ3v) is 5.43. The molecule has 0 aliphatic carbocycles. The van der Waals surface area contributed by atoms with Crippen LogP contribution in [0.15, 0.2) is 27.6 Å². The van der Waals surface area contributed by atoms with Crippen molar-refractivity contribution < 1.29 is 13.2 Å². The first-order chi connectivity index (χ1) is 9.30. The van der Waals surface area contributed by atoms with Crippen LogP contribution < -0.4 is 5.32 Å². The highest BCUT2D eigenvalue weighted by Gasteiger charge is 2.25. The lowest BCUT2D eigenvalue weighted by molar-refractivity contribution is 0.0655. The predicted molar refractivity (Wildman–Crippen MR) is 80.6 cm³/mol. The van der Waals surface area contributed by atoms with Crippen molar-refractivity contribution >= 4 is 31.7 Å². The first-order valence-electron chi connectivity index (χ1n) is 6.32. The van der Waals surface area contributed by atoms with Crippen LogP contribution in [0, 0.1) is 0 Å². The van der Waals surface area contributed by atoms with Crippen molar-refractivity contribution in [3.8, 4) is 0 Å². The van der Waals surface area contributed by atoms with Crippen molar-refractivity contribution in [3.05, 3.63) is 28.2 Å². The summed E-state index contributed by atoms with van der Waals surface area (Å²) >= 11 is 3.21. The quantitative estimate of drug-likeness (QED) is 0.862. The number of carbonyl (C=O) groups is 1. The van der Waals surface area contributed by atoms with E-state index < -0.39 is 9.84 Å². The van der Waals surface area contributed by atoms with Crippen molar-refractivity contribution in [3.63, 3.8) is 0 Å². The number of rotatable bonds is 2. The number of sulfone groups is 1. The van der Waals surface area contributed by atoms with E-state index in [1.807, 2.05) is 6.92 Å². The van der Waals surface area contributed by atoms with Gasteiger partial charge in [-0.2, -0.15) is 0 Å². The van der Waals surface area contributed by atoms with Crippen LogP contribution in [0.25, 0.3) is 0 Å². The van der Waals surface area contributed by atoms with Gasteiger partial charge in [0.05, 0.1) is 4.90 Å². The first kappa shape index (κ1) is 15.5. The molecule has 0 radical (unpaired) electrons. The second kappa shape index (κ2) is 5.83. The molecule has 1 aliphatic rings. The van der Waals surface area contributed by atoms with Crippen molar-refractivity contribution in [2.45, 2.75) is 17.9 Å². The molecule has 1 N–H and O–H groups in total. The zero-order valence-electron chi connectivity index (χ0n) is 11.4. The maximum absolute atomic E-state index is 12.5. The summed E-state index contributed by atoms with van der Waals surface area (Å²) in [4.78, 5) is 14.4. The van der Waals surface area contributed by atoms with Crippen molar-refractivity contribution in [2.75, 3.05) is 25.9 Å². The summed E-state index contributed by atoms with van der Waals surface area (Å²) in [6, 6.07) is 4.80. The number of carbonyl (C=O) groups excluding carboxylic acids is 1. The lowest BCUT2D eigenvalue weighted by Crippen LogP contribution is -2.52. The topological polar surface area (TPSA) is 66.5 Å². The van der Waals surface area contributed by atoms with Gasteiger partial charge in [0.25, 0.3) is 5.91 Å². The van der Waals surface area contributed by atoms with Gasteiger partial charge in [0, 0.05) is 42.0 Å². The van der Waals surface area contributed by atoms with E-state index in [2.05, 4.69) is 21.2 Å². The second-order valence-corrected chi connectivity index (χ2v) is 7.81. The summed E-state index contributed by atoms with van der Waals surface area (Å²) in [6.45, 7) is 4.11. The summed E-state index contributed by atoms with van der Waals surface area (Å²) in [5.74, 6) is -0.128. The van der Waals surface area contributed by atoms with Gasteiger partial charge in [0.1, 0.15) is 0 Å². The Kier molecular flexibility index (Phi) is 4.51. The second-order valence-electron chi connectivity index (χ2n) is 4.97. The molecule has 0 spiro atoms. The van der Waals surface area contributed by atoms with Gasteiger partial charge in [-0.05, 0) is 41.1 Å². The molecule has 1 heterocycles. The Hall–Kier alpha value is -0.920. The Balaban J connectivity index is 2.36. The van der Waals surface area contributed by atoms with Gasteiger partial charge in [-0.15, -0.1) is 0 Å². The Morgan fingerprint density at radius 3 is 2.75 bits per heavy atom. The molecule has 1 amide bonds. The summed E-state index contributed by atoms with van der Waals surface area (Å²) < 4.78 is 23.9. The molecule has 1 aromatic carbocycles. The van der Waals surface area contributed by atoms with E-state index in [1.54, 1.807) is 17.0 Å². The largest absolute Gasteiger partial charge is 0.333 e. The Morgan fingerprint density at radius 2 is 2.15 bits per heavy atom. The van der Waals surface area contributed by atoms with Crippen molar-refractivity contribution in [2.24, 2.45) is 0 Å². The van der Waals surface area contributed by atoms with Crippen LogP contribution in [-0.2, 0) is 9.84 Å².